The molecule has 0 radical (unpaired) electrons. The van der Waals surface area contributed by atoms with Crippen LogP contribution in [0.1, 0.15) is 43.5 Å². The second-order valence-corrected chi connectivity index (χ2v) is 5.03. The predicted octanol–water partition coefficient (Wildman–Crippen LogP) is 2.66. The zero-order valence-corrected chi connectivity index (χ0v) is 12.8. The Morgan fingerprint density at radius 1 is 1.35 bits per heavy atom. The van der Waals surface area contributed by atoms with Gasteiger partial charge in [0.25, 0.3) is 5.91 Å². The number of nitrogens with two attached hydrogens (primary N) is 1. The lowest BCUT2D eigenvalue weighted by Crippen LogP contribution is -2.42. The fourth-order valence-electron chi connectivity index (χ4n) is 1.65. The Balaban J connectivity index is 2.59. The van der Waals surface area contributed by atoms with Crippen molar-refractivity contribution in [2.24, 2.45) is 5.73 Å². The van der Waals surface area contributed by atoms with Crippen LogP contribution in [-0.4, -0.2) is 23.5 Å². The van der Waals surface area contributed by atoms with Gasteiger partial charge in [-0.25, -0.2) is 0 Å². The first kappa shape index (κ1) is 16.4. The number of carbonyl (C=O) groups is 1. The molecule has 0 saturated heterocycles. The Labute approximate surface area is 125 Å². The lowest BCUT2D eigenvalue weighted by molar-refractivity contribution is 0.0946. The van der Waals surface area contributed by atoms with E-state index in [2.05, 4.69) is 12.2 Å². The van der Waals surface area contributed by atoms with E-state index in [1.54, 1.807) is 24.3 Å². The van der Waals surface area contributed by atoms with E-state index in [0.29, 0.717) is 23.6 Å². The molecular formula is C15H22N2O2S. The minimum absolute atomic E-state index is 0.176. The van der Waals surface area contributed by atoms with E-state index in [1.807, 2.05) is 6.92 Å². The van der Waals surface area contributed by atoms with E-state index in [1.165, 1.54) is 0 Å². The van der Waals surface area contributed by atoms with Crippen molar-refractivity contribution in [2.75, 3.05) is 6.61 Å². The maximum atomic E-state index is 12.0. The summed E-state index contributed by atoms with van der Waals surface area (Å²) in [6, 6.07) is 6.81. The molecule has 0 aliphatic heterocycles. The number of thiocarbonyl (C=S) groups is 1. The third kappa shape index (κ3) is 5.17. The van der Waals surface area contributed by atoms with Crippen molar-refractivity contribution in [1.29, 1.82) is 0 Å². The number of amides is 1. The van der Waals surface area contributed by atoms with E-state index in [4.69, 9.17) is 22.7 Å². The van der Waals surface area contributed by atoms with E-state index in [-0.39, 0.29) is 11.9 Å². The Morgan fingerprint density at radius 3 is 2.50 bits per heavy atom. The highest BCUT2D eigenvalue weighted by atomic mass is 32.1. The molecule has 0 aliphatic carbocycles. The zero-order chi connectivity index (χ0) is 15.0. The molecule has 0 spiro atoms. The lowest BCUT2D eigenvalue weighted by atomic mass is 10.1. The first-order valence-corrected chi connectivity index (χ1v) is 7.32. The smallest absolute Gasteiger partial charge is 0.251 e. The third-order valence-electron chi connectivity index (χ3n) is 2.94. The second-order valence-electron chi connectivity index (χ2n) is 4.56. The van der Waals surface area contributed by atoms with Crippen LogP contribution in [0.2, 0.25) is 0 Å². The molecule has 110 valence electrons. The molecule has 0 heterocycles. The minimum atomic E-state index is -0.266. The topological polar surface area (TPSA) is 64.3 Å². The maximum Gasteiger partial charge on any atom is 0.251 e. The Morgan fingerprint density at radius 2 is 2.00 bits per heavy atom. The van der Waals surface area contributed by atoms with E-state index < -0.39 is 0 Å². The predicted molar refractivity (Wildman–Crippen MR) is 85.2 cm³/mol. The van der Waals surface area contributed by atoms with Crippen molar-refractivity contribution in [3.8, 4) is 5.75 Å². The van der Waals surface area contributed by atoms with Gasteiger partial charge in [-0.05, 0) is 37.1 Å². The van der Waals surface area contributed by atoms with Crippen LogP contribution in [0.5, 0.6) is 5.75 Å². The first-order chi connectivity index (χ1) is 9.58. The molecule has 5 heteroatoms. The van der Waals surface area contributed by atoms with Gasteiger partial charge < -0.3 is 15.8 Å². The highest BCUT2D eigenvalue weighted by molar-refractivity contribution is 7.80. The fourth-order valence-corrected chi connectivity index (χ4v) is 1.88. The standard InChI is InChI=1S/C15H22N2O2S/c1-3-5-10-19-12-8-6-11(7-9-12)15(18)17-13(4-2)14(16)20/h6-9,13H,3-5,10H2,1-2H3,(H2,16,20)(H,17,18). The molecule has 1 amide bonds. The number of unbranched alkanes of at least 4 members (excludes halogenated alkanes) is 1. The monoisotopic (exact) mass is 294 g/mol. The van der Waals surface area contributed by atoms with Crippen LogP contribution in [0, 0.1) is 0 Å². The van der Waals surface area contributed by atoms with Gasteiger partial charge in [0.05, 0.1) is 17.6 Å². The molecule has 1 rings (SSSR count). The van der Waals surface area contributed by atoms with Crippen LogP contribution in [0.3, 0.4) is 0 Å². The molecule has 0 aromatic heterocycles. The summed E-state index contributed by atoms with van der Waals surface area (Å²) in [6.45, 7) is 4.74. The van der Waals surface area contributed by atoms with Crippen LogP contribution in [0.15, 0.2) is 24.3 Å². The van der Waals surface area contributed by atoms with E-state index >= 15 is 0 Å². The number of hydrogen-bond donors (Lipinski definition) is 2. The van der Waals surface area contributed by atoms with Crippen molar-refractivity contribution >= 4 is 23.1 Å². The third-order valence-corrected chi connectivity index (χ3v) is 3.22. The second kappa shape index (κ2) is 8.53. The van der Waals surface area contributed by atoms with Gasteiger partial charge in [0, 0.05) is 5.56 Å². The molecule has 0 saturated carbocycles. The summed E-state index contributed by atoms with van der Waals surface area (Å²) in [6.07, 6.45) is 2.80. The molecular weight excluding hydrogens is 272 g/mol. The average molecular weight is 294 g/mol. The quantitative estimate of drug-likeness (QED) is 0.571. The number of nitrogens with one attached hydrogen (secondary N) is 1. The van der Waals surface area contributed by atoms with Gasteiger partial charge in [-0.3, -0.25) is 4.79 Å². The summed E-state index contributed by atoms with van der Waals surface area (Å²) >= 11 is 4.91. The zero-order valence-electron chi connectivity index (χ0n) is 12.0. The largest absolute Gasteiger partial charge is 0.494 e. The molecule has 20 heavy (non-hydrogen) atoms. The molecule has 3 N–H and O–H groups in total. The molecule has 1 aromatic rings. The summed E-state index contributed by atoms with van der Waals surface area (Å²) in [5, 5.41) is 2.81. The number of carbonyl (C=O) groups excluding carboxylic acids is 1. The Kier molecular flexibility index (Phi) is 7.01. The van der Waals surface area contributed by atoms with Gasteiger partial charge in [0.1, 0.15) is 5.75 Å². The van der Waals surface area contributed by atoms with Crippen molar-refractivity contribution in [3.63, 3.8) is 0 Å². The number of hydrogen-bond acceptors (Lipinski definition) is 3. The SMILES string of the molecule is CCCCOc1ccc(C(=O)NC(CC)C(N)=S)cc1. The molecule has 0 aliphatic rings. The Hall–Kier alpha value is -1.62. The summed E-state index contributed by atoms with van der Waals surface area (Å²) in [5.74, 6) is 0.598. The number of rotatable bonds is 8. The molecule has 1 atom stereocenters. The van der Waals surface area contributed by atoms with Gasteiger partial charge in [0.15, 0.2) is 0 Å². The van der Waals surface area contributed by atoms with Crippen LogP contribution < -0.4 is 15.8 Å². The lowest BCUT2D eigenvalue weighted by Gasteiger charge is -2.15. The first-order valence-electron chi connectivity index (χ1n) is 6.91. The van der Waals surface area contributed by atoms with Crippen molar-refractivity contribution in [2.45, 2.75) is 39.2 Å². The van der Waals surface area contributed by atoms with Crippen LogP contribution in [-0.2, 0) is 0 Å². The van der Waals surface area contributed by atoms with E-state index in [0.717, 1.165) is 18.6 Å². The summed E-state index contributed by atoms with van der Waals surface area (Å²) in [4.78, 5) is 12.3. The average Bonchev–Trinajstić information content (AvgIpc) is 2.45. The number of benzene rings is 1. The van der Waals surface area contributed by atoms with E-state index in [9.17, 15) is 4.79 Å². The Bertz CT molecular complexity index is 446. The normalized spacial score (nSPS) is 11.7. The van der Waals surface area contributed by atoms with Gasteiger partial charge in [0.2, 0.25) is 0 Å². The minimum Gasteiger partial charge on any atom is -0.494 e. The van der Waals surface area contributed by atoms with Gasteiger partial charge in [-0.2, -0.15) is 0 Å². The molecule has 0 bridgehead atoms. The van der Waals surface area contributed by atoms with Crippen molar-refractivity contribution < 1.29 is 9.53 Å². The fraction of sp³-hybridized carbons (Fsp3) is 0.467. The van der Waals surface area contributed by atoms with Crippen LogP contribution >= 0.6 is 12.2 Å². The molecule has 1 unspecified atom stereocenters. The summed E-state index contributed by atoms with van der Waals surface area (Å²) in [7, 11) is 0. The van der Waals surface area contributed by atoms with Gasteiger partial charge >= 0.3 is 0 Å². The van der Waals surface area contributed by atoms with Crippen molar-refractivity contribution in [3.05, 3.63) is 29.8 Å². The van der Waals surface area contributed by atoms with Crippen molar-refractivity contribution in [1.82, 2.24) is 5.32 Å². The highest BCUT2D eigenvalue weighted by Crippen LogP contribution is 2.13. The summed E-state index contributed by atoms with van der Waals surface area (Å²) in [5.41, 5.74) is 6.13. The van der Waals surface area contributed by atoms with Gasteiger partial charge in [-0.15, -0.1) is 0 Å². The number of ether oxygens (including phenoxy) is 1. The van der Waals surface area contributed by atoms with Gasteiger partial charge in [-0.1, -0.05) is 32.5 Å². The highest BCUT2D eigenvalue weighted by Gasteiger charge is 2.14. The molecule has 0 fully saturated rings. The summed E-state index contributed by atoms with van der Waals surface area (Å²) < 4.78 is 5.55. The van der Waals surface area contributed by atoms with Crippen LogP contribution in [0.4, 0.5) is 0 Å². The van der Waals surface area contributed by atoms with Crippen LogP contribution in [0.25, 0.3) is 0 Å². The molecule has 1 aromatic carbocycles. The maximum absolute atomic E-state index is 12.0. The molecule has 4 nitrogen and oxygen atoms in total.